The van der Waals surface area contributed by atoms with Gasteiger partial charge in [-0.1, -0.05) is 6.07 Å². The van der Waals surface area contributed by atoms with Crippen LogP contribution in [0, 0.1) is 0 Å². The minimum atomic E-state index is -4.47. The van der Waals surface area contributed by atoms with Crippen LogP contribution in [-0.4, -0.2) is 21.8 Å². The number of hydrogen-bond donors (Lipinski definition) is 1. The first-order chi connectivity index (χ1) is 9.91. The second kappa shape index (κ2) is 6.13. The van der Waals surface area contributed by atoms with Crippen LogP contribution in [0.4, 0.5) is 13.2 Å². The number of nitrogens with one attached hydrogen (secondary N) is 1. The van der Waals surface area contributed by atoms with Crippen molar-refractivity contribution in [3.05, 3.63) is 41.5 Å². The molecule has 5 nitrogen and oxygen atoms in total. The van der Waals surface area contributed by atoms with Gasteiger partial charge in [-0.15, -0.1) is 0 Å². The monoisotopic (exact) mass is 300 g/mol. The fourth-order valence-corrected chi connectivity index (χ4v) is 1.83. The second-order valence-corrected chi connectivity index (χ2v) is 4.45. The molecule has 1 aromatic carbocycles. The molecule has 0 aliphatic rings. The maximum absolute atomic E-state index is 13.1. The molecule has 0 saturated carbocycles. The zero-order chi connectivity index (χ0) is 15.5. The third-order valence-corrected chi connectivity index (χ3v) is 2.89. The van der Waals surface area contributed by atoms with E-state index in [0.717, 1.165) is 6.07 Å². The molecule has 0 aliphatic carbocycles. The fraction of sp³-hybridized carbons (Fsp3) is 0.385. The summed E-state index contributed by atoms with van der Waals surface area (Å²) < 4.78 is 45.9. The van der Waals surface area contributed by atoms with Crippen LogP contribution in [0.1, 0.15) is 17.0 Å². The summed E-state index contributed by atoms with van der Waals surface area (Å²) in [5.41, 5.74) is -0.256. The van der Waals surface area contributed by atoms with E-state index in [-0.39, 0.29) is 12.4 Å². The number of aromatic nitrogens is 3. The summed E-state index contributed by atoms with van der Waals surface area (Å²) in [6.45, 7) is 0.275. The lowest BCUT2D eigenvalue weighted by Crippen LogP contribution is -2.12. The lowest BCUT2D eigenvalue weighted by molar-refractivity contribution is -0.139. The number of hydrogen-bond acceptors (Lipinski definition) is 4. The molecule has 2 aromatic rings. The van der Waals surface area contributed by atoms with Crippen molar-refractivity contribution >= 4 is 0 Å². The van der Waals surface area contributed by atoms with Gasteiger partial charge in [0.05, 0.1) is 5.56 Å². The fourth-order valence-electron chi connectivity index (χ4n) is 1.83. The van der Waals surface area contributed by atoms with E-state index in [9.17, 15) is 13.2 Å². The van der Waals surface area contributed by atoms with Crippen molar-refractivity contribution in [2.45, 2.75) is 19.3 Å². The molecule has 1 N–H and O–H groups in total. The van der Waals surface area contributed by atoms with Crippen molar-refractivity contribution in [2.24, 2.45) is 7.05 Å². The largest absolute Gasteiger partial charge is 0.485 e. The Hall–Kier alpha value is -2.09. The summed E-state index contributed by atoms with van der Waals surface area (Å²) >= 11 is 0. The summed E-state index contributed by atoms with van der Waals surface area (Å²) in [5.74, 6) is 0.229. The van der Waals surface area contributed by atoms with Gasteiger partial charge >= 0.3 is 6.18 Å². The van der Waals surface area contributed by atoms with Crippen LogP contribution < -0.4 is 10.1 Å². The smallest absolute Gasteiger partial charge is 0.419 e. The van der Waals surface area contributed by atoms with Crippen LogP contribution >= 0.6 is 0 Å². The predicted octanol–water partition coefficient (Wildman–Crippen LogP) is 2.13. The van der Waals surface area contributed by atoms with Gasteiger partial charge in [0.2, 0.25) is 0 Å². The average molecular weight is 300 g/mol. The summed E-state index contributed by atoms with van der Waals surface area (Å²) in [5, 5.41) is 6.65. The van der Waals surface area contributed by atoms with Crippen LogP contribution in [0.25, 0.3) is 0 Å². The van der Waals surface area contributed by atoms with Crippen molar-refractivity contribution < 1.29 is 17.9 Å². The first-order valence-corrected chi connectivity index (χ1v) is 6.22. The van der Waals surface area contributed by atoms with Crippen molar-refractivity contribution in [2.75, 3.05) is 7.05 Å². The molecule has 0 unspecified atom stereocenters. The minimum absolute atomic E-state index is 0.0784. The summed E-state index contributed by atoms with van der Waals surface area (Å²) in [4.78, 5) is 3.91. The van der Waals surface area contributed by atoms with E-state index in [2.05, 4.69) is 15.4 Å². The zero-order valence-electron chi connectivity index (χ0n) is 11.6. The number of halogens is 3. The van der Waals surface area contributed by atoms with E-state index in [1.807, 2.05) is 0 Å². The molecule has 114 valence electrons. The van der Waals surface area contributed by atoms with Crippen molar-refractivity contribution in [1.82, 2.24) is 20.1 Å². The highest BCUT2D eigenvalue weighted by atomic mass is 19.4. The Morgan fingerprint density at radius 2 is 2.10 bits per heavy atom. The second-order valence-electron chi connectivity index (χ2n) is 4.45. The third-order valence-electron chi connectivity index (χ3n) is 2.89. The summed E-state index contributed by atoms with van der Waals surface area (Å²) in [6.07, 6.45) is -3.15. The van der Waals surface area contributed by atoms with Crippen molar-refractivity contribution in [3.63, 3.8) is 0 Å². The highest BCUT2D eigenvalue weighted by Crippen LogP contribution is 2.37. The Labute approximate surface area is 119 Å². The molecule has 0 atom stereocenters. The van der Waals surface area contributed by atoms with Crippen molar-refractivity contribution in [1.29, 1.82) is 0 Å². The average Bonchev–Trinajstić information content (AvgIpc) is 2.82. The molecule has 0 spiro atoms. The lowest BCUT2D eigenvalue weighted by Gasteiger charge is -2.15. The maximum atomic E-state index is 13.1. The van der Waals surface area contributed by atoms with Gasteiger partial charge in [0.1, 0.15) is 18.7 Å². The van der Waals surface area contributed by atoms with Gasteiger partial charge in [0.15, 0.2) is 5.82 Å². The first kappa shape index (κ1) is 15.3. The molecular weight excluding hydrogens is 285 g/mol. The summed E-state index contributed by atoms with van der Waals surface area (Å²) in [7, 11) is 3.32. The number of aryl methyl sites for hydroxylation is 1. The number of ether oxygens (including phenoxy) is 1. The number of rotatable bonds is 5. The topological polar surface area (TPSA) is 52.0 Å². The Balaban J connectivity index is 2.23. The molecule has 0 radical (unpaired) electrons. The van der Waals surface area contributed by atoms with Crippen LogP contribution in [0.15, 0.2) is 24.5 Å². The van der Waals surface area contributed by atoms with Gasteiger partial charge < -0.3 is 10.1 Å². The lowest BCUT2D eigenvalue weighted by atomic mass is 10.1. The SMILES string of the molecule is CNCc1ccc(OCc2ncnn2C)c(C(F)(F)F)c1. The van der Waals surface area contributed by atoms with E-state index in [0.29, 0.717) is 17.9 Å². The van der Waals surface area contributed by atoms with E-state index in [1.54, 1.807) is 20.2 Å². The molecule has 1 heterocycles. The molecule has 0 saturated heterocycles. The third kappa shape index (κ3) is 3.72. The maximum Gasteiger partial charge on any atom is 0.419 e. The predicted molar refractivity (Wildman–Crippen MR) is 69.5 cm³/mol. The standard InChI is InChI=1S/C13H15F3N4O/c1-17-6-9-3-4-11(10(5-9)13(14,15)16)21-7-12-18-8-19-20(12)2/h3-5,8,17H,6-7H2,1-2H3. The molecule has 0 aliphatic heterocycles. The minimum Gasteiger partial charge on any atom is -0.485 e. The normalized spacial score (nSPS) is 11.7. The van der Waals surface area contributed by atoms with Crippen LogP contribution in [0.2, 0.25) is 0 Å². The van der Waals surface area contributed by atoms with Gasteiger partial charge in [0, 0.05) is 13.6 Å². The quantitative estimate of drug-likeness (QED) is 0.919. The zero-order valence-corrected chi connectivity index (χ0v) is 11.6. The van der Waals surface area contributed by atoms with Gasteiger partial charge in [-0.25, -0.2) is 4.98 Å². The van der Waals surface area contributed by atoms with E-state index in [4.69, 9.17) is 4.74 Å². The molecule has 0 amide bonds. The Bertz CT molecular complexity index is 610. The van der Waals surface area contributed by atoms with Gasteiger partial charge in [-0.05, 0) is 24.7 Å². The van der Waals surface area contributed by atoms with Crippen LogP contribution in [-0.2, 0) is 26.4 Å². The first-order valence-electron chi connectivity index (χ1n) is 6.22. The Morgan fingerprint density at radius 1 is 1.33 bits per heavy atom. The molecule has 0 bridgehead atoms. The van der Waals surface area contributed by atoms with Gasteiger partial charge in [-0.3, -0.25) is 4.68 Å². The van der Waals surface area contributed by atoms with Crippen LogP contribution in [0.5, 0.6) is 5.75 Å². The van der Waals surface area contributed by atoms with E-state index < -0.39 is 11.7 Å². The Morgan fingerprint density at radius 3 is 2.67 bits per heavy atom. The number of benzene rings is 1. The van der Waals surface area contributed by atoms with Crippen LogP contribution in [0.3, 0.4) is 0 Å². The van der Waals surface area contributed by atoms with Gasteiger partial charge in [-0.2, -0.15) is 18.3 Å². The van der Waals surface area contributed by atoms with E-state index >= 15 is 0 Å². The highest BCUT2D eigenvalue weighted by Gasteiger charge is 2.34. The molecule has 0 fully saturated rings. The van der Waals surface area contributed by atoms with E-state index in [1.165, 1.54) is 17.1 Å². The molecule has 2 rings (SSSR count). The molecule has 8 heteroatoms. The molecule has 1 aromatic heterocycles. The molecular formula is C13H15F3N4O. The van der Waals surface area contributed by atoms with Crippen molar-refractivity contribution in [3.8, 4) is 5.75 Å². The number of alkyl halides is 3. The molecule has 21 heavy (non-hydrogen) atoms. The Kier molecular flexibility index (Phi) is 4.46. The van der Waals surface area contributed by atoms with Gasteiger partial charge in [0.25, 0.3) is 0 Å². The highest BCUT2D eigenvalue weighted by molar-refractivity contribution is 5.39. The number of nitrogens with zero attached hydrogens (tertiary/aromatic N) is 3. The summed E-state index contributed by atoms with van der Waals surface area (Å²) in [6, 6.07) is 4.01.